The quantitative estimate of drug-likeness (QED) is 0.696. The van der Waals surface area contributed by atoms with Gasteiger partial charge in [0.2, 0.25) is 15.9 Å². The van der Waals surface area contributed by atoms with Crippen molar-refractivity contribution in [2.24, 2.45) is 0 Å². The number of hydrogen-bond donors (Lipinski definition) is 1. The average molecular weight is 397 g/mol. The highest BCUT2D eigenvalue weighted by Gasteiger charge is 2.29. The number of amides is 1. The van der Waals surface area contributed by atoms with Crippen molar-refractivity contribution in [3.63, 3.8) is 0 Å². The lowest BCUT2D eigenvalue weighted by Gasteiger charge is -2.28. The van der Waals surface area contributed by atoms with Crippen LogP contribution >= 0.6 is 11.6 Å². The second-order valence-electron chi connectivity index (χ2n) is 5.67. The predicted molar refractivity (Wildman–Crippen MR) is 103 cm³/mol. The molecule has 1 atom stereocenters. The SMILES string of the molecule is C[C@@H](C(=O)NCCOc1ccccc1)N(c1cccc(Cl)c1)S(C)(=O)=O. The van der Waals surface area contributed by atoms with Gasteiger partial charge in [-0.1, -0.05) is 35.9 Å². The van der Waals surface area contributed by atoms with Gasteiger partial charge in [0, 0.05) is 5.02 Å². The van der Waals surface area contributed by atoms with E-state index in [9.17, 15) is 13.2 Å². The second kappa shape index (κ2) is 8.91. The molecule has 0 aromatic heterocycles. The number of benzene rings is 2. The number of sulfonamides is 1. The Bertz CT molecular complexity index is 843. The minimum absolute atomic E-state index is 0.255. The molecule has 0 aliphatic rings. The van der Waals surface area contributed by atoms with E-state index < -0.39 is 22.0 Å². The molecule has 1 N–H and O–H groups in total. The van der Waals surface area contributed by atoms with Gasteiger partial charge in [0.25, 0.3) is 0 Å². The van der Waals surface area contributed by atoms with Crippen molar-refractivity contribution in [1.82, 2.24) is 5.32 Å². The Balaban J connectivity index is 1.99. The molecule has 2 aromatic rings. The molecule has 6 nitrogen and oxygen atoms in total. The molecular formula is C18H21ClN2O4S. The van der Waals surface area contributed by atoms with Crippen molar-refractivity contribution >= 4 is 33.2 Å². The number of rotatable bonds is 8. The molecule has 0 heterocycles. The van der Waals surface area contributed by atoms with Crippen molar-refractivity contribution < 1.29 is 17.9 Å². The van der Waals surface area contributed by atoms with Gasteiger partial charge in [0.1, 0.15) is 18.4 Å². The molecular weight excluding hydrogens is 376 g/mol. The topological polar surface area (TPSA) is 75.7 Å². The van der Waals surface area contributed by atoms with Gasteiger partial charge in [-0.2, -0.15) is 0 Å². The van der Waals surface area contributed by atoms with Gasteiger partial charge >= 0.3 is 0 Å². The lowest BCUT2D eigenvalue weighted by molar-refractivity contribution is -0.121. The van der Waals surface area contributed by atoms with Crippen LogP contribution in [0.25, 0.3) is 0 Å². The summed E-state index contributed by atoms with van der Waals surface area (Å²) < 4.78 is 30.9. The number of carbonyl (C=O) groups is 1. The maximum absolute atomic E-state index is 12.4. The largest absolute Gasteiger partial charge is 0.492 e. The molecule has 0 radical (unpaired) electrons. The fourth-order valence-electron chi connectivity index (χ4n) is 2.43. The Morgan fingerprint density at radius 3 is 2.50 bits per heavy atom. The summed E-state index contributed by atoms with van der Waals surface area (Å²) in [6.45, 7) is 2.05. The zero-order valence-electron chi connectivity index (χ0n) is 14.6. The molecule has 0 bridgehead atoms. The standard InChI is InChI=1S/C18H21ClN2O4S/c1-14(18(22)20-11-12-25-17-9-4-3-5-10-17)21(26(2,23)24)16-8-6-7-15(19)13-16/h3-10,13-14H,11-12H2,1-2H3,(H,20,22)/t14-/m0/s1. The number of nitrogens with zero attached hydrogens (tertiary/aromatic N) is 1. The third kappa shape index (κ3) is 5.64. The first-order chi connectivity index (χ1) is 12.3. The van der Waals surface area contributed by atoms with Gasteiger partial charge in [-0.15, -0.1) is 0 Å². The van der Waals surface area contributed by atoms with Gasteiger partial charge in [0.15, 0.2) is 0 Å². The predicted octanol–water partition coefficient (Wildman–Crippen LogP) is 2.69. The fourth-order valence-corrected chi connectivity index (χ4v) is 3.78. The number of anilines is 1. The Kier molecular flexibility index (Phi) is 6.88. The van der Waals surface area contributed by atoms with E-state index >= 15 is 0 Å². The molecule has 2 rings (SSSR count). The van der Waals surface area contributed by atoms with Gasteiger partial charge in [-0.05, 0) is 37.3 Å². The highest BCUT2D eigenvalue weighted by Crippen LogP contribution is 2.24. The summed E-state index contributed by atoms with van der Waals surface area (Å²) in [5.41, 5.74) is 0.336. The lowest BCUT2D eigenvalue weighted by Crippen LogP contribution is -2.48. The number of para-hydroxylation sites is 1. The smallest absolute Gasteiger partial charge is 0.243 e. The third-order valence-corrected chi connectivity index (χ3v) is 5.04. The van der Waals surface area contributed by atoms with Crippen molar-refractivity contribution in [1.29, 1.82) is 0 Å². The lowest BCUT2D eigenvalue weighted by atomic mass is 10.2. The molecule has 0 aliphatic carbocycles. The number of halogens is 1. The van der Waals surface area contributed by atoms with Gasteiger partial charge in [-0.25, -0.2) is 8.42 Å². The molecule has 2 aromatic carbocycles. The Morgan fingerprint density at radius 2 is 1.88 bits per heavy atom. The summed E-state index contributed by atoms with van der Waals surface area (Å²) in [7, 11) is -3.67. The number of nitrogens with one attached hydrogen (secondary N) is 1. The van der Waals surface area contributed by atoms with Crippen LogP contribution in [0.4, 0.5) is 5.69 Å². The van der Waals surface area contributed by atoms with E-state index in [1.165, 1.54) is 13.0 Å². The average Bonchev–Trinajstić information content (AvgIpc) is 2.58. The van der Waals surface area contributed by atoms with Crippen LogP contribution in [0.3, 0.4) is 0 Å². The molecule has 1 amide bonds. The van der Waals surface area contributed by atoms with E-state index in [1.54, 1.807) is 18.2 Å². The summed E-state index contributed by atoms with van der Waals surface area (Å²) in [5, 5.41) is 3.08. The van der Waals surface area contributed by atoms with Crippen LogP contribution in [0.1, 0.15) is 6.92 Å². The highest BCUT2D eigenvalue weighted by molar-refractivity contribution is 7.92. The van der Waals surface area contributed by atoms with E-state index in [0.29, 0.717) is 16.5 Å². The molecule has 0 aliphatic heterocycles. The monoisotopic (exact) mass is 396 g/mol. The maximum atomic E-state index is 12.4. The van der Waals surface area contributed by atoms with Crippen LogP contribution in [-0.4, -0.2) is 39.8 Å². The highest BCUT2D eigenvalue weighted by atomic mass is 35.5. The molecule has 8 heteroatoms. The van der Waals surface area contributed by atoms with E-state index in [-0.39, 0.29) is 13.2 Å². The summed E-state index contributed by atoms with van der Waals surface area (Å²) in [5.74, 6) is 0.276. The van der Waals surface area contributed by atoms with E-state index in [0.717, 1.165) is 10.6 Å². The molecule has 0 unspecified atom stereocenters. The summed E-state index contributed by atoms with van der Waals surface area (Å²) in [4.78, 5) is 12.4. The fraction of sp³-hybridized carbons (Fsp3) is 0.278. The molecule has 0 saturated carbocycles. The minimum atomic E-state index is -3.67. The van der Waals surface area contributed by atoms with Crippen LogP contribution in [0, 0.1) is 0 Å². The molecule has 0 fully saturated rings. The second-order valence-corrected chi connectivity index (χ2v) is 7.96. The molecule has 140 valence electrons. The normalized spacial score (nSPS) is 12.3. The zero-order valence-corrected chi connectivity index (χ0v) is 16.1. The third-order valence-electron chi connectivity index (χ3n) is 3.56. The first kappa shape index (κ1) is 20.1. The van der Waals surface area contributed by atoms with Gasteiger partial charge in [-0.3, -0.25) is 9.10 Å². The summed E-state index contributed by atoms with van der Waals surface area (Å²) >= 11 is 5.95. The zero-order chi connectivity index (χ0) is 19.2. The number of carbonyl (C=O) groups excluding carboxylic acids is 1. The Hall–Kier alpha value is -2.25. The van der Waals surface area contributed by atoms with E-state index in [1.807, 2.05) is 30.3 Å². The summed E-state index contributed by atoms with van der Waals surface area (Å²) in [6.07, 6.45) is 1.05. The van der Waals surface area contributed by atoms with Crippen molar-refractivity contribution in [3.8, 4) is 5.75 Å². The Morgan fingerprint density at radius 1 is 1.19 bits per heavy atom. The van der Waals surface area contributed by atoms with Crippen LogP contribution in [-0.2, 0) is 14.8 Å². The van der Waals surface area contributed by atoms with Gasteiger partial charge < -0.3 is 10.1 Å². The number of hydrogen-bond acceptors (Lipinski definition) is 4. The molecule has 0 saturated heterocycles. The van der Waals surface area contributed by atoms with Crippen LogP contribution in [0.15, 0.2) is 54.6 Å². The van der Waals surface area contributed by atoms with Gasteiger partial charge in [0.05, 0.1) is 18.5 Å². The van der Waals surface area contributed by atoms with Crippen LogP contribution < -0.4 is 14.4 Å². The first-order valence-electron chi connectivity index (χ1n) is 7.99. The van der Waals surface area contributed by atoms with E-state index in [2.05, 4.69) is 5.32 Å². The van der Waals surface area contributed by atoms with E-state index in [4.69, 9.17) is 16.3 Å². The Labute approximate surface area is 158 Å². The minimum Gasteiger partial charge on any atom is -0.492 e. The maximum Gasteiger partial charge on any atom is 0.243 e. The van der Waals surface area contributed by atoms with Crippen molar-refractivity contribution in [3.05, 3.63) is 59.6 Å². The first-order valence-corrected chi connectivity index (χ1v) is 10.2. The van der Waals surface area contributed by atoms with Crippen molar-refractivity contribution in [2.75, 3.05) is 23.7 Å². The summed E-state index contributed by atoms with van der Waals surface area (Å²) in [6, 6.07) is 14.7. The number of ether oxygens (including phenoxy) is 1. The molecule has 0 spiro atoms. The van der Waals surface area contributed by atoms with Crippen molar-refractivity contribution in [2.45, 2.75) is 13.0 Å². The van der Waals surface area contributed by atoms with Crippen LogP contribution in [0.2, 0.25) is 5.02 Å². The molecule has 26 heavy (non-hydrogen) atoms. The van der Waals surface area contributed by atoms with Crippen LogP contribution in [0.5, 0.6) is 5.75 Å².